The molecule has 0 aliphatic rings. The molecule has 1 N–H and O–H groups in total. The molecule has 0 spiro atoms. The van der Waals surface area contributed by atoms with E-state index in [0.29, 0.717) is 17.9 Å². The number of thiophene rings is 1. The van der Waals surface area contributed by atoms with Crippen molar-refractivity contribution in [3.63, 3.8) is 0 Å². The number of aryl methyl sites for hydroxylation is 1. The summed E-state index contributed by atoms with van der Waals surface area (Å²) >= 11 is 6.81. The van der Waals surface area contributed by atoms with Gasteiger partial charge < -0.3 is 5.32 Å². The SMILES string of the molecule is Cc1nc(-c2ccc(CCNC(=O)c3nnn(-c4cccc(Br)c4)c3C)s2)cs1. The Hall–Kier alpha value is -2.36. The monoisotopic (exact) mass is 487 g/mol. The van der Waals surface area contributed by atoms with Crippen LogP contribution in [0, 0.1) is 13.8 Å². The summed E-state index contributed by atoms with van der Waals surface area (Å²) in [6.07, 6.45) is 0.762. The van der Waals surface area contributed by atoms with E-state index in [-0.39, 0.29) is 5.91 Å². The molecule has 1 amide bonds. The van der Waals surface area contributed by atoms with E-state index in [4.69, 9.17) is 0 Å². The van der Waals surface area contributed by atoms with Crippen molar-refractivity contribution < 1.29 is 4.79 Å². The largest absolute Gasteiger partial charge is 0.350 e. The molecule has 0 aliphatic heterocycles. The summed E-state index contributed by atoms with van der Waals surface area (Å²) in [6.45, 7) is 4.39. The lowest BCUT2D eigenvalue weighted by molar-refractivity contribution is 0.0948. The maximum absolute atomic E-state index is 12.6. The Morgan fingerprint density at radius 2 is 2.10 bits per heavy atom. The smallest absolute Gasteiger partial charge is 0.273 e. The topological polar surface area (TPSA) is 72.7 Å². The third-order valence-electron chi connectivity index (χ3n) is 4.35. The number of nitrogens with one attached hydrogen (secondary N) is 1. The minimum atomic E-state index is -0.212. The third kappa shape index (κ3) is 4.47. The van der Waals surface area contributed by atoms with Gasteiger partial charge in [-0.2, -0.15) is 0 Å². The first-order chi connectivity index (χ1) is 14.0. The van der Waals surface area contributed by atoms with E-state index in [1.54, 1.807) is 27.4 Å². The van der Waals surface area contributed by atoms with Crippen LogP contribution in [0.2, 0.25) is 0 Å². The van der Waals surface area contributed by atoms with Crippen LogP contribution in [0.1, 0.15) is 26.1 Å². The van der Waals surface area contributed by atoms with Gasteiger partial charge in [0.2, 0.25) is 0 Å². The van der Waals surface area contributed by atoms with E-state index in [1.165, 1.54) is 4.88 Å². The standard InChI is InChI=1S/C20H18BrN5OS2/c1-12-19(24-25-26(12)15-5-3-4-14(21)10-15)20(27)22-9-8-16-6-7-18(29-16)17-11-28-13(2)23-17/h3-7,10-11H,8-9H2,1-2H3,(H,22,27). The van der Waals surface area contributed by atoms with E-state index < -0.39 is 0 Å². The van der Waals surface area contributed by atoms with Crippen molar-refractivity contribution in [1.82, 2.24) is 25.3 Å². The van der Waals surface area contributed by atoms with Crippen LogP contribution in [-0.4, -0.2) is 32.4 Å². The molecule has 0 atom stereocenters. The summed E-state index contributed by atoms with van der Waals surface area (Å²) in [5, 5.41) is 14.3. The van der Waals surface area contributed by atoms with Gasteiger partial charge in [0.05, 0.1) is 27.0 Å². The lowest BCUT2D eigenvalue weighted by Crippen LogP contribution is -2.26. The summed E-state index contributed by atoms with van der Waals surface area (Å²) in [6, 6.07) is 11.9. The molecule has 6 nitrogen and oxygen atoms in total. The Morgan fingerprint density at radius 3 is 2.86 bits per heavy atom. The molecular formula is C20H18BrN5OS2. The van der Waals surface area contributed by atoms with Crippen LogP contribution in [0.5, 0.6) is 0 Å². The zero-order valence-electron chi connectivity index (χ0n) is 15.8. The van der Waals surface area contributed by atoms with Crippen LogP contribution < -0.4 is 5.32 Å². The number of amides is 1. The Morgan fingerprint density at radius 1 is 1.24 bits per heavy atom. The minimum absolute atomic E-state index is 0.212. The predicted molar refractivity (Wildman–Crippen MR) is 120 cm³/mol. The maximum Gasteiger partial charge on any atom is 0.273 e. The highest BCUT2D eigenvalue weighted by Gasteiger charge is 2.17. The number of carbonyl (C=O) groups excluding carboxylic acids is 1. The minimum Gasteiger partial charge on any atom is -0.350 e. The molecule has 1 aromatic carbocycles. The van der Waals surface area contributed by atoms with E-state index >= 15 is 0 Å². The van der Waals surface area contributed by atoms with E-state index in [0.717, 1.165) is 32.2 Å². The fourth-order valence-electron chi connectivity index (χ4n) is 2.90. The van der Waals surface area contributed by atoms with Crippen LogP contribution in [-0.2, 0) is 6.42 Å². The van der Waals surface area contributed by atoms with Crippen molar-refractivity contribution in [2.45, 2.75) is 20.3 Å². The second kappa shape index (κ2) is 8.56. The Kier molecular flexibility index (Phi) is 5.89. The van der Waals surface area contributed by atoms with Gasteiger partial charge in [0.1, 0.15) is 0 Å². The maximum atomic E-state index is 12.6. The highest BCUT2D eigenvalue weighted by Crippen LogP contribution is 2.29. The molecule has 0 unspecified atom stereocenters. The van der Waals surface area contributed by atoms with Gasteiger partial charge in [0, 0.05) is 21.3 Å². The van der Waals surface area contributed by atoms with Gasteiger partial charge in [-0.15, -0.1) is 27.8 Å². The quantitative estimate of drug-likeness (QED) is 0.423. The molecule has 0 bridgehead atoms. The molecule has 0 saturated carbocycles. The fourth-order valence-corrected chi connectivity index (χ4v) is 4.94. The van der Waals surface area contributed by atoms with Crippen LogP contribution in [0.25, 0.3) is 16.3 Å². The van der Waals surface area contributed by atoms with Gasteiger partial charge in [0.25, 0.3) is 5.91 Å². The second-order valence-corrected chi connectivity index (χ2v) is 9.58. The van der Waals surface area contributed by atoms with Crippen molar-refractivity contribution >= 4 is 44.5 Å². The highest BCUT2D eigenvalue weighted by molar-refractivity contribution is 9.10. The van der Waals surface area contributed by atoms with Gasteiger partial charge >= 0.3 is 0 Å². The molecule has 3 aromatic heterocycles. The van der Waals surface area contributed by atoms with Crippen molar-refractivity contribution in [2.75, 3.05) is 6.54 Å². The average molecular weight is 488 g/mol. The summed E-state index contributed by atoms with van der Waals surface area (Å²) in [7, 11) is 0. The Bertz CT molecular complexity index is 1160. The molecule has 0 fully saturated rings. The highest BCUT2D eigenvalue weighted by atomic mass is 79.9. The molecular weight excluding hydrogens is 470 g/mol. The van der Waals surface area contributed by atoms with Crippen LogP contribution in [0.15, 0.2) is 46.3 Å². The Labute approximate surface area is 184 Å². The number of carbonyl (C=O) groups is 1. The summed E-state index contributed by atoms with van der Waals surface area (Å²) < 4.78 is 2.61. The first-order valence-corrected chi connectivity index (χ1v) is 11.5. The van der Waals surface area contributed by atoms with E-state index in [2.05, 4.69) is 54.1 Å². The molecule has 0 saturated heterocycles. The molecule has 0 aliphatic carbocycles. The molecule has 3 heterocycles. The summed E-state index contributed by atoms with van der Waals surface area (Å²) in [4.78, 5) is 19.4. The normalized spacial score (nSPS) is 11.0. The fraction of sp³-hybridized carbons (Fsp3) is 0.200. The number of hydrogen-bond acceptors (Lipinski definition) is 6. The summed E-state index contributed by atoms with van der Waals surface area (Å²) in [5.41, 5.74) is 2.92. The van der Waals surface area contributed by atoms with Crippen molar-refractivity contribution in [2.24, 2.45) is 0 Å². The molecule has 4 aromatic rings. The van der Waals surface area contributed by atoms with Crippen molar-refractivity contribution in [3.8, 4) is 16.3 Å². The number of halogens is 1. The zero-order valence-corrected chi connectivity index (χ0v) is 19.1. The van der Waals surface area contributed by atoms with E-state index in [9.17, 15) is 4.79 Å². The number of rotatable bonds is 6. The number of aromatic nitrogens is 4. The van der Waals surface area contributed by atoms with Crippen LogP contribution in [0.3, 0.4) is 0 Å². The molecule has 148 valence electrons. The van der Waals surface area contributed by atoms with Gasteiger partial charge in [0.15, 0.2) is 5.69 Å². The second-order valence-electron chi connectivity index (χ2n) is 6.44. The molecule has 4 rings (SSSR count). The number of nitrogens with zero attached hydrogens (tertiary/aromatic N) is 4. The average Bonchev–Trinajstić information content (AvgIpc) is 3.41. The lowest BCUT2D eigenvalue weighted by Gasteiger charge is -2.05. The Balaban J connectivity index is 1.38. The number of hydrogen-bond donors (Lipinski definition) is 1. The lowest BCUT2D eigenvalue weighted by atomic mass is 10.2. The van der Waals surface area contributed by atoms with Gasteiger partial charge in [-0.3, -0.25) is 4.79 Å². The van der Waals surface area contributed by atoms with Crippen molar-refractivity contribution in [3.05, 3.63) is 67.5 Å². The van der Waals surface area contributed by atoms with E-state index in [1.807, 2.05) is 38.1 Å². The van der Waals surface area contributed by atoms with Crippen molar-refractivity contribution in [1.29, 1.82) is 0 Å². The molecule has 9 heteroatoms. The van der Waals surface area contributed by atoms with Gasteiger partial charge in [-0.25, -0.2) is 9.67 Å². The summed E-state index contributed by atoms with van der Waals surface area (Å²) in [5.74, 6) is -0.212. The van der Waals surface area contributed by atoms with Crippen LogP contribution >= 0.6 is 38.6 Å². The molecule has 0 radical (unpaired) electrons. The third-order valence-corrected chi connectivity index (χ3v) is 6.79. The van der Waals surface area contributed by atoms with Gasteiger partial charge in [-0.05, 0) is 50.6 Å². The molecule has 29 heavy (non-hydrogen) atoms. The number of benzene rings is 1. The first kappa shape index (κ1) is 19.9. The first-order valence-electron chi connectivity index (χ1n) is 8.99. The predicted octanol–water partition coefficient (Wildman–Crippen LogP) is 4.80. The van der Waals surface area contributed by atoms with Crippen LogP contribution in [0.4, 0.5) is 0 Å². The zero-order chi connectivity index (χ0) is 20.4. The number of thiazole rings is 1. The van der Waals surface area contributed by atoms with Gasteiger partial charge in [-0.1, -0.05) is 27.2 Å².